The van der Waals surface area contributed by atoms with Crippen LogP contribution in [-0.2, 0) is 14.3 Å². The van der Waals surface area contributed by atoms with Crippen molar-refractivity contribution in [3.8, 4) is 0 Å². The van der Waals surface area contributed by atoms with Gasteiger partial charge in [-0.25, -0.2) is 0 Å². The summed E-state index contributed by atoms with van der Waals surface area (Å²) in [6.07, 6.45) is -12.9. The number of carbonyl (C=O) groups is 1. The fourth-order valence-electron chi connectivity index (χ4n) is 2.14. The van der Waals surface area contributed by atoms with E-state index < -0.39 is 68.3 Å². The van der Waals surface area contributed by atoms with E-state index in [9.17, 15) is 30.3 Å². The normalized spacial score (nSPS) is 37.0. The molecule has 0 saturated carbocycles. The zero-order valence-corrected chi connectivity index (χ0v) is 12.1. The molecule has 136 valence electrons. The number of aliphatic hydroxyl groups is 7. The van der Waals surface area contributed by atoms with Crippen molar-refractivity contribution in [2.24, 2.45) is 5.73 Å². The molecule has 0 amide bonds. The second kappa shape index (κ2) is 8.94. The number of hydrogen-bond acceptors (Lipinski definition) is 11. The van der Waals surface area contributed by atoms with Crippen molar-refractivity contribution >= 4 is 6.29 Å². The Bertz CT molecular complexity index is 370. The molecule has 23 heavy (non-hydrogen) atoms. The number of aldehydes is 1. The quantitative estimate of drug-likeness (QED) is 0.195. The van der Waals surface area contributed by atoms with E-state index in [0.717, 1.165) is 0 Å². The van der Waals surface area contributed by atoms with E-state index in [-0.39, 0.29) is 6.29 Å². The molecule has 0 aromatic carbocycles. The summed E-state index contributed by atoms with van der Waals surface area (Å²) in [5.41, 5.74) is 5.33. The van der Waals surface area contributed by atoms with Crippen LogP contribution < -0.4 is 5.73 Å². The summed E-state index contributed by atoms with van der Waals surface area (Å²) in [6, 6.07) is -1.45. The van der Waals surface area contributed by atoms with Gasteiger partial charge in [0.25, 0.3) is 0 Å². The highest BCUT2D eigenvalue weighted by Crippen LogP contribution is 2.24. The molecule has 0 aromatic rings. The zero-order valence-electron chi connectivity index (χ0n) is 12.1. The molecule has 1 heterocycles. The standard InChI is InChI=1S/C12H23NO10/c13-4(1-14)7(18)11(5(17)2-15)23-12-10(21)9(20)8(19)6(3-16)22-12/h1,4-12,15-21H,2-3,13H2/t4-,5-,6-,7-,8-,9+,10-,11-,12+/m1/s1. The SMILES string of the molecule is N[C@H](C=O)[C@@H](O)[C@H](O[C@@H]1O[C@H](CO)[C@@H](O)[C@H](O)[C@H]1O)[C@H](O)CO. The summed E-state index contributed by atoms with van der Waals surface area (Å²) in [7, 11) is 0. The third-order valence-electron chi connectivity index (χ3n) is 3.59. The average Bonchev–Trinajstić information content (AvgIpc) is 2.57. The third-order valence-corrected chi connectivity index (χ3v) is 3.59. The predicted octanol–water partition coefficient (Wildman–Crippen LogP) is -5.59. The summed E-state index contributed by atoms with van der Waals surface area (Å²) in [5, 5.41) is 66.8. The molecule has 1 aliphatic rings. The Kier molecular flexibility index (Phi) is 7.89. The first kappa shape index (κ1) is 20.3. The second-order valence-corrected chi connectivity index (χ2v) is 5.25. The van der Waals surface area contributed by atoms with Gasteiger partial charge in [-0.2, -0.15) is 0 Å². The highest BCUT2D eigenvalue weighted by Gasteiger charge is 2.46. The van der Waals surface area contributed by atoms with Crippen molar-refractivity contribution in [2.75, 3.05) is 13.2 Å². The molecule has 11 nitrogen and oxygen atoms in total. The summed E-state index contributed by atoms with van der Waals surface area (Å²) in [4.78, 5) is 10.6. The number of aliphatic hydroxyl groups excluding tert-OH is 7. The van der Waals surface area contributed by atoms with Crippen LogP contribution in [-0.4, -0.2) is 110 Å². The Morgan fingerprint density at radius 2 is 1.74 bits per heavy atom. The van der Waals surface area contributed by atoms with Crippen molar-refractivity contribution in [1.82, 2.24) is 0 Å². The maximum absolute atomic E-state index is 10.6. The minimum atomic E-state index is -1.78. The number of hydrogen-bond donors (Lipinski definition) is 8. The van der Waals surface area contributed by atoms with E-state index in [0.29, 0.717) is 0 Å². The molecule has 1 fully saturated rings. The lowest BCUT2D eigenvalue weighted by atomic mass is 9.98. The Labute approximate surface area is 131 Å². The number of carbonyl (C=O) groups excluding carboxylic acids is 1. The Hall–Kier alpha value is -0.730. The molecule has 0 aromatic heterocycles. The molecule has 9 atom stereocenters. The van der Waals surface area contributed by atoms with Gasteiger partial charge in [-0.15, -0.1) is 0 Å². The summed E-state index contributed by atoms with van der Waals surface area (Å²) < 4.78 is 10.2. The van der Waals surface area contributed by atoms with Crippen molar-refractivity contribution in [1.29, 1.82) is 0 Å². The largest absolute Gasteiger partial charge is 0.394 e. The fraction of sp³-hybridized carbons (Fsp3) is 0.917. The second-order valence-electron chi connectivity index (χ2n) is 5.25. The molecule has 11 heteroatoms. The smallest absolute Gasteiger partial charge is 0.187 e. The van der Waals surface area contributed by atoms with Crippen molar-refractivity contribution in [2.45, 2.75) is 55.1 Å². The van der Waals surface area contributed by atoms with Crippen LogP contribution in [0, 0.1) is 0 Å². The highest BCUT2D eigenvalue weighted by atomic mass is 16.7. The fourth-order valence-corrected chi connectivity index (χ4v) is 2.14. The molecule has 0 bridgehead atoms. The third kappa shape index (κ3) is 4.64. The van der Waals surface area contributed by atoms with Gasteiger partial charge in [-0.05, 0) is 0 Å². The summed E-state index contributed by atoms with van der Waals surface area (Å²) in [6.45, 7) is -1.56. The number of ether oxygens (including phenoxy) is 2. The summed E-state index contributed by atoms with van der Waals surface area (Å²) >= 11 is 0. The van der Waals surface area contributed by atoms with Gasteiger partial charge in [0.15, 0.2) is 6.29 Å². The summed E-state index contributed by atoms with van der Waals surface area (Å²) in [5.74, 6) is 0. The van der Waals surface area contributed by atoms with Gasteiger partial charge >= 0.3 is 0 Å². The molecule has 1 saturated heterocycles. The van der Waals surface area contributed by atoms with Gasteiger partial charge in [-0.3, -0.25) is 0 Å². The van der Waals surface area contributed by atoms with E-state index in [1.165, 1.54) is 0 Å². The van der Waals surface area contributed by atoms with E-state index in [1.807, 2.05) is 0 Å². The van der Waals surface area contributed by atoms with Crippen molar-refractivity contribution in [3.63, 3.8) is 0 Å². The van der Waals surface area contributed by atoms with Crippen LogP contribution in [0.3, 0.4) is 0 Å². The zero-order chi connectivity index (χ0) is 17.7. The lowest BCUT2D eigenvalue weighted by molar-refractivity contribution is -0.324. The molecule has 0 spiro atoms. The average molecular weight is 341 g/mol. The van der Waals surface area contributed by atoms with E-state index in [1.54, 1.807) is 0 Å². The van der Waals surface area contributed by atoms with Crippen molar-refractivity contribution in [3.05, 3.63) is 0 Å². The van der Waals surface area contributed by atoms with Gasteiger partial charge in [0.2, 0.25) is 0 Å². The molecule has 1 rings (SSSR count). The monoisotopic (exact) mass is 341 g/mol. The van der Waals surface area contributed by atoms with Gasteiger partial charge in [0.05, 0.1) is 19.3 Å². The highest BCUT2D eigenvalue weighted by molar-refractivity contribution is 5.58. The van der Waals surface area contributed by atoms with E-state index in [4.69, 9.17) is 25.4 Å². The van der Waals surface area contributed by atoms with Crippen LogP contribution in [0.2, 0.25) is 0 Å². The van der Waals surface area contributed by atoms with Crippen LogP contribution in [0.4, 0.5) is 0 Å². The first-order chi connectivity index (χ1) is 10.8. The van der Waals surface area contributed by atoms with Crippen LogP contribution in [0.25, 0.3) is 0 Å². The molecular formula is C12H23NO10. The van der Waals surface area contributed by atoms with E-state index >= 15 is 0 Å². The Balaban J connectivity index is 2.91. The van der Waals surface area contributed by atoms with Crippen LogP contribution in [0.1, 0.15) is 0 Å². The molecule has 0 aliphatic carbocycles. The van der Waals surface area contributed by atoms with Gasteiger partial charge in [0.1, 0.15) is 49.0 Å². The van der Waals surface area contributed by atoms with Crippen molar-refractivity contribution < 1.29 is 50.0 Å². The topological polar surface area (TPSA) is 203 Å². The lowest BCUT2D eigenvalue weighted by Gasteiger charge is -2.42. The predicted molar refractivity (Wildman–Crippen MR) is 71.8 cm³/mol. The van der Waals surface area contributed by atoms with Crippen LogP contribution in [0.15, 0.2) is 0 Å². The lowest BCUT2D eigenvalue weighted by Crippen LogP contribution is -2.62. The maximum Gasteiger partial charge on any atom is 0.187 e. The molecular weight excluding hydrogens is 318 g/mol. The Morgan fingerprint density at radius 3 is 2.22 bits per heavy atom. The number of nitrogens with two attached hydrogens (primary N) is 1. The molecule has 9 N–H and O–H groups in total. The van der Waals surface area contributed by atoms with Crippen LogP contribution >= 0.6 is 0 Å². The van der Waals surface area contributed by atoms with Crippen LogP contribution in [0.5, 0.6) is 0 Å². The number of rotatable bonds is 8. The molecule has 1 aliphatic heterocycles. The minimum Gasteiger partial charge on any atom is -0.394 e. The molecule has 0 radical (unpaired) electrons. The van der Waals surface area contributed by atoms with E-state index in [2.05, 4.69) is 0 Å². The molecule has 0 unspecified atom stereocenters. The maximum atomic E-state index is 10.6. The van der Waals surface area contributed by atoms with Gasteiger partial charge in [-0.1, -0.05) is 0 Å². The first-order valence-electron chi connectivity index (χ1n) is 6.92. The first-order valence-corrected chi connectivity index (χ1v) is 6.92. The van der Waals surface area contributed by atoms with Gasteiger partial charge < -0.3 is 55.7 Å². The van der Waals surface area contributed by atoms with Gasteiger partial charge in [0, 0.05) is 0 Å². The minimum absolute atomic E-state index is 0.193. The Morgan fingerprint density at radius 1 is 1.13 bits per heavy atom.